The number of fused-ring (bicyclic) bond motifs is 1. The second-order valence-electron chi connectivity index (χ2n) is 7.57. The lowest BCUT2D eigenvalue weighted by Gasteiger charge is -2.11. The topological polar surface area (TPSA) is 113 Å². The summed E-state index contributed by atoms with van der Waals surface area (Å²) in [6.07, 6.45) is 0. The summed E-state index contributed by atoms with van der Waals surface area (Å²) in [5, 5.41) is 24.0. The van der Waals surface area contributed by atoms with Crippen molar-refractivity contribution in [1.82, 2.24) is 19.7 Å². The Hall–Kier alpha value is -4.50. The van der Waals surface area contributed by atoms with Crippen molar-refractivity contribution in [2.75, 3.05) is 11.1 Å². The van der Waals surface area contributed by atoms with E-state index in [4.69, 9.17) is 4.98 Å². The van der Waals surface area contributed by atoms with Gasteiger partial charge < -0.3 is 15.2 Å². The molecule has 35 heavy (non-hydrogen) atoms. The molecule has 0 unspecified atom stereocenters. The van der Waals surface area contributed by atoms with Crippen LogP contribution in [0.1, 0.15) is 10.4 Å². The number of hydrogen-bond acceptors (Lipinski definition) is 7. The number of hydrogen-bond donors (Lipinski definition) is 1. The number of pyridine rings is 1. The fraction of sp³-hybridized carbons (Fsp3) is 0.0385. The van der Waals surface area contributed by atoms with E-state index in [1.165, 1.54) is 36.0 Å². The Labute approximate surface area is 204 Å². The number of anilines is 1. The Balaban J connectivity index is 1.40. The fourth-order valence-corrected chi connectivity index (χ4v) is 4.30. The summed E-state index contributed by atoms with van der Waals surface area (Å²) in [7, 11) is 0. The number of para-hydroxylation sites is 2. The number of aromatic nitrogens is 4. The SMILES string of the molecule is O=C(CSc1nnc(-c2ccc3ccccc3n2)n1-c1ccccc1)Nc1ccc(C(=O)[O-])cc1. The Kier molecular flexibility index (Phi) is 6.23. The van der Waals surface area contributed by atoms with E-state index in [9.17, 15) is 14.7 Å². The largest absolute Gasteiger partial charge is 0.545 e. The molecule has 0 fully saturated rings. The van der Waals surface area contributed by atoms with Gasteiger partial charge in [-0.2, -0.15) is 0 Å². The van der Waals surface area contributed by atoms with E-state index in [0.29, 0.717) is 22.4 Å². The normalized spacial score (nSPS) is 10.9. The summed E-state index contributed by atoms with van der Waals surface area (Å²) >= 11 is 1.24. The van der Waals surface area contributed by atoms with E-state index < -0.39 is 5.97 Å². The quantitative estimate of drug-likeness (QED) is 0.354. The van der Waals surface area contributed by atoms with Crippen molar-refractivity contribution in [3.63, 3.8) is 0 Å². The highest BCUT2D eigenvalue weighted by atomic mass is 32.2. The van der Waals surface area contributed by atoms with E-state index in [1.54, 1.807) is 0 Å². The predicted molar refractivity (Wildman–Crippen MR) is 132 cm³/mol. The average Bonchev–Trinajstić information content (AvgIpc) is 3.32. The van der Waals surface area contributed by atoms with Gasteiger partial charge in [-0.1, -0.05) is 66.4 Å². The molecule has 0 aliphatic carbocycles. The van der Waals surface area contributed by atoms with Gasteiger partial charge >= 0.3 is 0 Å². The minimum atomic E-state index is -1.27. The third-order valence-electron chi connectivity index (χ3n) is 5.21. The average molecular weight is 481 g/mol. The highest BCUT2D eigenvalue weighted by Gasteiger charge is 2.18. The fourth-order valence-electron chi connectivity index (χ4n) is 3.55. The van der Waals surface area contributed by atoms with Gasteiger partial charge in [0.2, 0.25) is 5.91 Å². The van der Waals surface area contributed by atoms with Gasteiger partial charge in [-0.3, -0.25) is 9.36 Å². The lowest BCUT2D eigenvalue weighted by atomic mass is 10.2. The van der Waals surface area contributed by atoms with E-state index in [-0.39, 0.29) is 17.2 Å². The Morgan fingerprint density at radius 1 is 0.857 bits per heavy atom. The molecule has 5 aromatic rings. The second kappa shape index (κ2) is 9.78. The summed E-state index contributed by atoms with van der Waals surface area (Å²) < 4.78 is 1.88. The molecular weight excluding hydrogens is 462 g/mol. The van der Waals surface area contributed by atoms with Crippen LogP contribution in [0.15, 0.2) is 96.2 Å². The van der Waals surface area contributed by atoms with Crippen LogP contribution in [0.25, 0.3) is 28.1 Å². The first-order valence-electron chi connectivity index (χ1n) is 10.7. The van der Waals surface area contributed by atoms with Crippen LogP contribution in [0, 0.1) is 0 Å². The Morgan fingerprint density at radius 2 is 1.60 bits per heavy atom. The van der Waals surface area contributed by atoms with Gasteiger partial charge in [0.15, 0.2) is 11.0 Å². The molecule has 1 N–H and O–H groups in total. The first-order valence-corrected chi connectivity index (χ1v) is 11.7. The number of nitrogens with zero attached hydrogens (tertiary/aromatic N) is 4. The minimum Gasteiger partial charge on any atom is -0.545 e. The number of carboxylic acids is 1. The van der Waals surface area contributed by atoms with Crippen molar-refractivity contribution >= 4 is 40.2 Å². The van der Waals surface area contributed by atoms with Crippen molar-refractivity contribution in [1.29, 1.82) is 0 Å². The van der Waals surface area contributed by atoms with Gasteiger partial charge in [0.1, 0.15) is 5.69 Å². The molecule has 0 radical (unpaired) electrons. The van der Waals surface area contributed by atoms with Gasteiger partial charge in [0.05, 0.1) is 17.2 Å². The molecular formula is C26H18N5O3S-. The van der Waals surface area contributed by atoms with Crippen LogP contribution in [0.4, 0.5) is 5.69 Å². The van der Waals surface area contributed by atoms with Gasteiger partial charge in [-0.15, -0.1) is 10.2 Å². The first kappa shape index (κ1) is 22.3. The van der Waals surface area contributed by atoms with Gasteiger partial charge in [-0.25, -0.2) is 4.98 Å². The van der Waals surface area contributed by atoms with Crippen LogP contribution in [0.5, 0.6) is 0 Å². The Morgan fingerprint density at radius 3 is 2.37 bits per heavy atom. The number of carboxylic acid groups (broad SMARTS) is 1. The van der Waals surface area contributed by atoms with Crippen LogP contribution in [0.2, 0.25) is 0 Å². The smallest absolute Gasteiger partial charge is 0.234 e. The summed E-state index contributed by atoms with van der Waals surface area (Å²) in [4.78, 5) is 28.2. The molecule has 8 nitrogen and oxygen atoms in total. The lowest BCUT2D eigenvalue weighted by Crippen LogP contribution is -2.22. The van der Waals surface area contributed by atoms with E-state index in [2.05, 4.69) is 15.5 Å². The molecule has 2 heterocycles. The molecule has 172 valence electrons. The summed E-state index contributed by atoms with van der Waals surface area (Å²) in [5.74, 6) is -0.874. The monoisotopic (exact) mass is 480 g/mol. The zero-order valence-electron chi connectivity index (χ0n) is 18.3. The lowest BCUT2D eigenvalue weighted by molar-refractivity contribution is -0.255. The van der Waals surface area contributed by atoms with Crippen LogP contribution < -0.4 is 10.4 Å². The predicted octanol–water partition coefficient (Wildman–Crippen LogP) is 3.58. The molecule has 0 bridgehead atoms. The summed E-state index contributed by atoms with van der Waals surface area (Å²) in [6.45, 7) is 0. The molecule has 0 aliphatic rings. The molecule has 5 rings (SSSR count). The standard InChI is InChI=1S/C26H19N5O3S/c32-23(27-19-13-10-18(11-14-19)25(33)34)16-35-26-30-29-24(31(26)20-7-2-1-3-8-20)22-15-12-17-6-4-5-9-21(17)28-22/h1-15H,16H2,(H,27,32)(H,33,34)/p-1. The number of carbonyl (C=O) groups excluding carboxylic acids is 2. The molecule has 1 amide bonds. The molecule has 0 aliphatic heterocycles. The molecule has 3 aromatic carbocycles. The van der Waals surface area contributed by atoms with E-state index >= 15 is 0 Å². The maximum atomic E-state index is 12.5. The minimum absolute atomic E-state index is 0.0446. The number of carbonyl (C=O) groups is 2. The third kappa shape index (κ3) is 4.90. The van der Waals surface area contributed by atoms with Gasteiger partial charge in [0.25, 0.3) is 0 Å². The molecule has 0 saturated carbocycles. The van der Waals surface area contributed by atoms with Crippen molar-refractivity contribution in [2.24, 2.45) is 0 Å². The first-order chi connectivity index (χ1) is 17.1. The third-order valence-corrected chi connectivity index (χ3v) is 6.14. The van der Waals surface area contributed by atoms with Crippen molar-refractivity contribution < 1.29 is 14.7 Å². The molecule has 2 aromatic heterocycles. The number of aromatic carboxylic acids is 1. The number of benzene rings is 3. The summed E-state index contributed by atoms with van der Waals surface area (Å²) in [6, 6.07) is 27.2. The van der Waals surface area contributed by atoms with Crippen LogP contribution in [-0.2, 0) is 4.79 Å². The van der Waals surface area contributed by atoms with Crippen molar-refractivity contribution in [3.8, 4) is 17.2 Å². The highest BCUT2D eigenvalue weighted by Crippen LogP contribution is 2.28. The van der Waals surface area contributed by atoms with Crippen molar-refractivity contribution in [2.45, 2.75) is 5.16 Å². The number of thioether (sulfide) groups is 1. The number of amides is 1. The molecule has 0 atom stereocenters. The zero-order chi connectivity index (χ0) is 24.2. The second-order valence-corrected chi connectivity index (χ2v) is 8.51. The van der Waals surface area contributed by atoms with Crippen LogP contribution in [0.3, 0.4) is 0 Å². The Bertz CT molecular complexity index is 1520. The zero-order valence-corrected chi connectivity index (χ0v) is 19.1. The molecule has 0 spiro atoms. The molecule has 9 heteroatoms. The van der Waals surface area contributed by atoms with Crippen LogP contribution >= 0.6 is 11.8 Å². The van der Waals surface area contributed by atoms with Gasteiger partial charge in [-0.05, 0) is 42.0 Å². The van der Waals surface area contributed by atoms with E-state index in [0.717, 1.165) is 16.6 Å². The summed E-state index contributed by atoms with van der Waals surface area (Å²) in [5.41, 5.74) is 2.91. The van der Waals surface area contributed by atoms with E-state index in [1.807, 2.05) is 71.3 Å². The number of rotatable bonds is 7. The van der Waals surface area contributed by atoms with Crippen LogP contribution in [-0.4, -0.2) is 37.4 Å². The number of nitrogens with one attached hydrogen (secondary N) is 1. The maximum Gasteiger partial charge on any atom is 0.234 e. The maximum absolute atomic E-state index is 12.5. The molecule has 0 saturated heterocycles. The highest BCUT2D eigenvalue weighted by molar-refractivity contribution is 7.99. The van der Waals surface area contributed by atoms with Crippen molar-refractivity contribution in [3.05, 3.63) is 96.6 Å². The van der Waals surface area contributed by atoms with Gasteiger partial charge in [0, 0.05) is 16.8 Å².